The van der Waals surface area contributed by atoms with Crippen molar-refractivity contribution in [3.8, 4) is 0 Å². The van der Waals surface area contributed by atoms with Crippen molar-refractivity contribution in [3.63, 3.8) is 0 Å². The molecule has 2 aromatic rings. The quantitative estimate of drug-likeness (QED) is 0.0525. The lowest BCUT2D eigenvalue weighted by Crippen LogP contribution is -2.37. The number of aliphatic hydroxyl groups is 3. The van der Waals surface area contributed by atoms with Gasteiger partial charge in [-0.2, -0.15) is 17.9 Å². The number of nitrogens with one attached hydrogen (secondary N) is 1. The summed E-state index contributed by atoms with van der Waals surface area (Å²) in [7, 11) is -22.6. The van der Waals surface area contributed by atoms with E-state index in [1.807, 2.05) is 4.98 Å². The van der Waals surface area contributed by atoms with E-state index >= 15 is 0 Å². The Kier molecular flexibility index (Phi) is 13.8. The Labute approximate surface area is 287 Å². The van der Waals surface area contributed by atoms with E-state index in [-0.39, 0.29) is 12.2 Å². The van der Waals surface area contributed by atoms with Gasteiger partial charge < -0.3 is 30.5 Å². The minimum atomic E-state index is -5.86. The molecule has 0 radical (unpaired) electrons. The fourth-order valence-electron chi connectivity index (χ4n) is 4.36. The van der Waals surface area contributed by atoms with Crippen molar-refractivity contribution in [1.82, 2.24) is 19.1 Å². The van der Waals surface area contributed by atoms with Crippen LogP contribution in [0.2, 0.25) is 0 Å². The molecule has 0 bridgehead atoms. The number of nitrogen functional groups attached to an aromatic ring is 1. The van der Waals surface area contributed by atoms with E-state index in [0.717, 1.165) is 16.8 Å². The maximum atomic E-state index is 13.1. The van der Waals surface area contributed by atoms with Gasteiger partial charge in [0.15, 0.2) is 6.23 Å². The lowest BCUT2D eigenvalue weighted by atomic mass is 10.1. The molecule has 0 amide bonds. The number of H-pyrrole nitrogens is 1. The van der Waals surface area contributed by atoms with Crippen molar-refractivity contribution < 1.29 is 83.5 Å². The van der Waals surface area contributed by atoms with Gasteiger partial charge >= 0.3 is 42.7 Å². The molecule has 14 N–H and O–H groups in total. The zero-order chi connectivity index (χ0) is 38.6. The van der Waals surface area contributed by atoms with Gasteiger partial charge in [0, 0.05) is 24.9 Å². The molecule has 11 atom stereocenters. The Balaban J connectivity index is 1.40. The molecule has 2 fully saturated rings. The second-order valence-electron chi connectivity index (χ2n) is 10.1. The zero-order valence-electron chi connectivity index (χ0n) is 25.7. The van der Waals surface area contributed by atoms with Crippen molar-refractivity contribution in [2.24, 2.45) is 23.6 Å². The molecule has 0 spiro atoms. The summed E-state index contributed by atoms with van der Waals surface area (Å²) >= 11 is 0. The Morgan fingerprint density at radius 1 is 0.769 bits per heavy atom. The van der Waals surface area contributed by atoms with Gasteiger partial charge in [-0.3, -0.25) is 28.0 Å². The van der Waals surface area contributed by atoms with E-state index in [0.29, 0.717) is 4.57 Å². The zero-order valence-corrected chi connectivity index (χ0v) is 29.3. The third-order valence-corrected chi connectivity index (χ3v) is 13.5. The van der Waals surface area contributed by atoms with Crippen LogP contribution in [0.4, 0.5) is 5.82 Å². The topological polar surface area (TPSA) is 450 Å². The molecule has 30 nitrogen and oxygen atoms in total. The third-order valence-electron chi connectivity index (χ3n) is 6.74. The van der Waals surface area contributed by atoms with Crippen LogP contribution in [-0.2, 0) is 68.2 Å². The number of phosphoric acid groups is 4. The second kappa shape index (κ2) is 16.9. The molecule has 0 aliphatic carbocycles. The number of hydrogen-bond donors (Lipinski definition) is 9. The number of anilines is 1. The normalized spacial score (nSPS) is 29.6. The highest BCUT2D eigenvalue weighted by Crippen LogP contribution is 2.75. The number of aliphatic hydroxyl groups excluding tert-OH is 3. The average Bonchev–Trinajstić information content (AvgIpc) is 3.60. The molecule has 4 heterocycles. The van der Waals surface area contributed by atoms with Crippen LogP contribution in [-0.4, -0.2) is 78.2 Å². The summed E-state index contributed by atoms with van der Waals surface area (Å²) in [6.45, 7) is -2.03. The molecule has 2 aliphatic rings. The molecular formula is C18H31N9O21P4. The Bertz CT molecular complexity index is 1950. The summed E-state index contributed by atoms with van der Waals surface area (Å²) in [5.74, 6) is 19.5. The summed E-state index contributed by atoms with van der Waals surface area (Å²) in [6.07, 6.45) is -8.99. The first-order valence-corrected chi connectivity index (χ1v) is 19.5. The third kappa shape index (κ3) is 10.00. The van der Waals surface area contributed by atoms with Gasteiger partial charge in [0.1, 0.15) is 36.5 Å². The molecule has 294 valence electrons. The number of ether oxygens (including phenoxy) is 2. The highest BCUT2D eigenvalue weighted by Gasteiger charge is 2.52. The van der Waals surface area contributed by atoms with Gasteiger partial charge in [0.2, 0.25) is 0 Å². The van der Waals surface area contributed by atoms with Crippen LogP contribution < -0.4 is 46.3 Å². The summed E-state index contributed by atoms with van der Waals surface area (Å²) < 4.78 is 104. The summed E-state index contributed by atoms with van der Waals surface area (Å²) in [4.78, 5) is 40.9. The van der Waals surface area contributed by atoms with E-state index in [4.69, 9.17) is 47.8 Å². The van der Waals surface area contributed by atoms with Crippen molar-refractivity contribution in [3.05, 3.63) is 55.8 Å². The molecule has 2 aromatic heterocycles. The molecule has 4 unspecified atom stereocenters. The minimum absolute atomic E-state index is 0.0926. The molecule has 2 aliphatic heterocycles. The Hall–Kier alpha value is -2.44. The van der Waals surface area contributed by atoms with Gasteiger partial charge in [-0.05, 0) is 6.07 Å². The standard InChI is InChI=1S/C18H31N9O21P4/c19-11-1-3-26(17(32)24-11)13-5-8(28)9(40-13)6-38-49(34,42-20)46-51(36,44-22)48-52(37,45-23)47-50(35,43-21)39-7-10-14(30)15(31)16(41-10)27-4-2-12(29)25-18(27)33/h1-4,8-10,13-16,28,30-31H,5-7,20-23H2,(H2,19,24,32)(H,25,29,33)/t8-,9+,10+,13+,14+,15+,16+,49?,50?,51?,52?/m0/s1. The van der Waals surface area contributed by atoms with Crippen molar-refractivity contribution in [2.45, 2.75) is 49.4 Å². The molecule has 0 saturated carbocycles. The van der Waals surface area contributed by atoms with E-state index in [1.165, 1.54) is 12.3 Å². The number of rotatable bonds is 18. The van der Waals surface area contributed by atoms with Crippen LogP contribution in [0.5, 0.6) is 0 Å². The molecule has 0 aromatic carbocycles. The molecule has 34 heteroatoms. The van der Waals surface area contributed by atoms with Gasteiger partial charge in [-0.15, -0.1) is 0 Å². The van der Waals surface area contributed by atoms with Gasteiger partial charge in [-0.25, -0.2) is 69.9 Å². The van der Waals surface area contributed by atoms with E-state index in [1.54, 1.807) is 0 Å². The van der Waals surface area contributed by atoms with E-state index in [9.17, 15) is 48.0 Å². The van der Waals surface area contributed by atoms with Gasteiger partial charge in [0.05, 0.1) is 19.3 Å². The first-order valence-electron chi connectivity index (χ1n) is 13.7. The summed E-state index contributed by atoms with van der Waals surface area (Å²) in [5.41, 5.74) is 2.77. The molecule has 2 saturated heterocycles. The van der Waals surface area contributed by atoms with Crippen molar-refractivity contribution in [1.29, 1.82) is 0 Å². The monoisotopic (exact) mass is 833 g/mol. The number of nitrogens with zero attached hydrogens (tertiary/aromatic N) is 3. The fraction of sp³-hybridized carbons (Fsp3) is 0.556. The van der Waals surface area contributed by atoms with Crippen molar-refractivity contribution in [2.75, 3.05) is 18.9 Å². The summed E-state index contributed by atoms with van der Waals surface area (Å²) in [6, 6.07) is 2.17. The van der Waals surface area contributed by atoms with Crippen LogP contribution in [0, 0.1) is 0 Å². The van der Waals surface area contributed by atoms with Crippen molar-refractivity contribution >= 4 is 37.1 Å². The average molecular weight is 833 g/mol. The lowest BCUT2D eigenvalue weighted by molar-refractivity contribution is -0.0552. The van der Waals surface area contributed by atoms with Crippen LogP contribution in [0.3, 0.4) is 0 Å². The lowest BCUT2D eigenvalue weighted by Gasteiger charge is -2.25. The molecule has 52 heavy (non-hydrogen) atoms. The largest absolute Gasteiger partial charge is 0.509 e. The molecule has 4 rings (SSSR count). The number of hydrogen-bond acceptors (Lipinski definition) is 27. The van der Waals surface area contributed by atoms with Gasteiger partial charge in [0.25, 0.3) is 5.56 Å². The SMILES string of the molecule is NOP(=O)(OC[C@H]1O[C@@H](n2ccc(=O)[nH]c2=O)[C@H](O)[C@@H]1O)OP(=O)(ON)OP(=O)(ON)OP(=O)(ON)OC[C@H]1O[C@@H](n2ccc(N)nc2=O)C[C@@H]1O. The minimum Gasteiger partial charge on any atom is -0.390 e. The maximum Gasteiger partial charge on any atom is 0.509 e. The Morgan fingerprint density at radius 3 is 1.81 bits per heavy atom. The highest BCUT2D eigenvalue weighted by atomic mass is 31.3. The van der Waals surface area contributed by atoms with E-state index in [2.05, 4.69) is 36.4 Å². The van der Waals surface area contributed by atoms with Crippen LogP contribution >= 0.6 is 31.3 Å². The number of aromatic amines is 1. The fourth-order valence-corrected chi connectivity index (χ4v) is 10.2. The summed E-state index contributed by atoms with van der Waals surface area (Å²) in [5, 5.41) is 31.1. The highest BCUT2D eigenvalue weighted by molar-refractivity contribution is 7.70. The van der Waals surface area contributed by atoms with Crippen LogP contribution in [0.1, 0.15) is 18.9 Å². The Morgan fingerprint density at radius 2 is 1.29 bits per heavy atom. The first-order chi connectivity index (χ1) is 24.3. The number of nitrogens with two attached hydrogens (primary N) is 5. The van der Waals surface area contributed by atoms with Crippen LogP contribution in [0.15, 0.2) is 38.9 Å². The van der Waals surface area contributed by atoms with E-state index < -0.39 is 104 Å². The maximum absolute atomic E-state index is 13.1. The number of aromatic nitrogens is 4. The predicted octanol–water partition coefficient (Wildman–Crippen LogP) is -3.28. The molecular weight excluding hydrogens is 802 g/mol. The second-order valence-corrected chi connectivity index (χ2v) is 17.0. The van der Waals surface area contributed by atoms with Gasteiger partial charge in [-0.1, -0.05) is 0 Å². The predicted molar refractivity (Wildman–Crippen MR) is 161 cm³/mol. The first kappa shape index (κ1) is 42.3. The van der Waals surface area contributed by atoms with Crippen LogP contribution in [0.25, 0.3) is 0 Å². The smallest absolute Gasteiger partial charge is 0.390 e.